The number of hydrogen-bond donors (Lipinski definition) is 3. The Balaban J connectivity index is 3.37. The first kappa shape index (κ1) is 85.1. The third-order valence-electron chi connectivity index (χ3n) is 18.7. The molecule has 3 N–H and O–H groups in total. The Hall–Kier alpha value is -1.92. The smallest absolute Gasteiger partial charge is 0.305 e. The van der Waals surface area contributed by atoms with Crippen molar-refractivity contribution in [1.29, 1.82) is 0 Å². The topological polar surface area (TPSA) is 95.9 Å². The van der Waals surface area contributed by atoms with E-state index in [1.165, 1.54) is 360 Å². The van der Waals surface area contributed by atoms with E-state index in [1.54, 1.807) is 0 Å². The van der Waals surface area contributed by atoms with Crippen LogP contribution in [0, 0.1) is 0 Å². The summed E-state index contributed by atoms with van der Waals surface area (Å²) >= 11 is 0. The fourth-order valence-electron chi connectivity index (χ4n) is 12.6. The van der Waals surface area contributed by atoms with Crippen molar-refractivity contribution in [2.45, 2.75) is 456 Å². The van der Waals surface area contributed by atoms with Gasteiger partial charge in [-0.3, -0.25) is 9.59 Å². The number of nitrogens with one attached hydrogen (secondary N) is 1. The van der Waals surface area contributed by atoms with Gasteiger partial charge in [0.25, 0.3) is 0 Å². The minimum Gasteiger partial charge on any atom is -0.466 e. The molecule has 2 unspecified atom stereocenters. The van der Waals surface area contributed by atoms with Gasteiger partial charge >= 0.3 is 5.97 Å². The molecule has 0 spiro atoms. The minimum atomic E-state index is -0.665. The number of carbonyl (C=O) groups excluding carboxylic acids is 2. The number of ether oxygens (including phenoxy) is 1. The van der Waals surface area contributed by atoms with E-state index >= 15 is 0 Å². The van der Waals surface area contributed by atoms with Crippen LogP contribution >= 0.6 is 0 Å². The van der Waals surface area contributed by atoms with Crippen molar-refractivity contribution in [1.82, 2.24) is 5.32 Å². The number of esters is 1. The van der Waals surface area contributed by atoms with Crippen molar-refractivity contribution in [3.63, 3.8) is 0 Å². The van der Waals surface area contributed by atoms with Crippen LogP contribution in [0.25, 0.3) is 0 Å². The van der Waals surface area contributed by atoms with Gasteiger partial charge in [-0.15, -0.1) is 0 Å². The van der Waals surface area contributed by atoms with Crippen LogP contribution in [0.3, 0.4) is 0 Å². The summed E-state index contributed by atoms with van der Waals surface area (Å²) in [5.41, 5.74) is 0. The fourth-order valence-corrected chi connectivity index (χ4v) is 12.6. The highest BCUT2D eigenvalue weighted by atomic mass is 16.5. The van der Waals surface area contributed by atoms with E-state index in [0.717, 1.165) is 51.4 Å². The summed E-state index contributed by atoms with van der Waals surface area (Å²) in [6.07, 6.45) is 99.5. The fraction of sp³-hybridized carbons (Fsp3) is 0.901. The summed E-state index contributed by atoms with van der Waals surface area (Å²) in [4.78, 5) is 24.6. The van der Waals surface area contributed by atoms with Crippen LogP contribution in [-0.4, -0.2) is 47.4 Å². The van der Waals surface area contributed by atoms with Crippen LogP contribution in [0.5, 0.6) is 0 Å². The zero-order valence-electron chi connectivity index (χ0n) is 59.0. The molecular formula is C81H155NO5. The lowest BCUT2D eigenvalue weighted by molar-refractivity contribution is -0.143. The maximum atomic E-state index is 12.6. The molecule has 2 atom stereocenters. The number of aliphatic hydroxyl groups excluding tert-OH is 2. The second-order valence-electron chi connectivity index (χ2n) is 27.4. The van der Waals surface area contributed by atoms with Gasteiger partial charge in [-0.05, 0) is 77.0 Å². The number of aliphatic hydroxyl groups is 2. The van der Waals surface area contributed by atoms with E-state index in [-0.39, 0.29) is 18.5 Å². The summed E-state index contributed by atoms with van der Waals surface area (Å²) in [5, 5.41) is 23.5. The van der Waals surface area contributed by atoms with Gasteiger partial charge in [0.2, 0.25) is 5.91 Å². The van der Waals surface area contributed by atoms with E-state index in [4.69, 9.17) is 4.74 Å². The van der Waals surface area contributed by atoms with Crippen molar-refractivity contribution >= 4 is 11.9 Å². The van der Waals surface area contributed by atoms with Crippen molar-refractivity contribution in [3.05, 3.63) is 36.5 Å². The van der Waals surface area contributed by atoms with Gasteiger partial charge in [0, 0.05) is 12.8 Å². The van der Waals surface area contributed by atoms with Crippen molar-refractivity contribution in [2.75, 3.05) is 13.2 Å². The Morgan fingerprint density at radius 1 is 0.322 bits per heavy atom. The summed E-state index contributed by atoms with van der Waals surface area (Å²) in [6, 6.07) is -0.542. The van der Waals surface area contributed by atoms with E-state index in [9.17, 15) is 19.8 Å². The van der Waals surface area contributed by atoms with Gasteiger partial charge in [0.15, 0.2) is 0 Å². The summed E-state index contributed by atoms with van der Waals surface area (Å²) in [7, 11) is 0. The average molecular weight is 1220 g/mol. The first-order chi connectivity index (χ1) is 43.0. The molecule has 0 saturated carbocycles. The molecule has 0 aromatic carbocycles. The molecule has 0 aromatic heterocycles. The van der Waals surface area contributed by atoms with Gasteiger partial charge in [-0.2, -0.15) is 0 Å². The Morgan fingerprint density at radius 3 is 0.920 bits per heavy atom. The second kappa shape index (κ2) is 76.5. The lowest BCUT2D eigenvalue weighted by atomic mass is 10.0. The lowest BCUT2D eigenvalue weighted by Crippen LogP contribution is -2.45. The molecule has 0 fully saturated rings. The summed E-state index contributed by atoms with van der Waals surface area (Å²) in [6.45, 7) is 4.95. The Kier molecular flexibility index (Phi) is 74.8. The molecule has 0 rings (SSSR count). The van der Waals surface area contributed by atoms with Crippen LogP contribution in [0.15, 0.2) is 36.5 Å². The van der Waals surface area contributed by atoms with Crippen molar-refractivity contribution in [2.24, 2.45) is 0 Å². The highest BCUT2D eigenvalue weighted by Gasteiger charge is 2.20. The largest absolute Gasteiger partial charge is 0.466 e. The SMILES string of the molecule is CCCC/C=C\C/C=C\CCCCCCCC(=O)OCCCCCCCCCCCCCC/C=C\CCCCCCCCCCCCCCCCCC(=O)NC(CO)C(O)CCCCCCCCCCCCCCCCCCCCCCCCCCC. The van der Waals surface area contributed by atoms with Crippen LogP contribution < -0.4 is 5.32 Å². The summed E-state index contributed by atoms with van der Waals surface area (Å²) in [5.74, 6) is -0.0237. The third kappa shape index (κ3) is 73.0. The first-order valence-electron chi connectivity index (χ1n) is 39.7. The standard InChI is InChI=1S/C81H155NO5/c1-3-5-7-9-11-13-15-17-19-20-21-22-23-31-34-37-40-43-46-49-53-57-61-65-69-73-79(84)78(77-83)82-80(85)74-70-66-62-58-54-50-47-44-41-38-35-32-29-27-25-24-26-28-30-33-36-39-42-45-48-52-56-60-64-68-72-76-87-81(86)75-71-67-63-59-55-51-18-16-14-12-10-8-6-4-2/h10,12,16,18,26,28,78-79,83-84H,3-9,11,13-15,17,19-25,27,29-77H2,1-2H3,(H,82,85)/b12-10-,18-16-,28-26-. The number of hydrogen-bond acceptors (Lipinski definition) is 5. The molecule has 0 heterocycles. The molecule has 6 heteroatoms. The third-order valence-corrected chi connectivity index (χ3v) is 18.7. The number of rotatable bonds is 75. The number of carbonyl (C=O) groups is 2. The van der Waals surface area contributed by atoms with E-state index in [2.05, 4.69) is 55.6 Å². The number of amides is 1. The predicted molar refractivity (Wildman–Crippen MR) is 384 cm³/mol. The Labute approximate surface area is 544 Å². The van der Waals surface area contributed by atoms with Crippen LogP contribution in [0.1, 0.15) is 444 Å². The van der Waals surface area contributed by atoms with Crippen molar-refractivity contribution < 1.29 is 24.5 Å². The molecule has 6 nitrogen and oxygen atoms in total. The molecule has 0 aliphatic carbocycles. The Morgan fingerprint density at radius 2 is 0.586 bits per heavy atom. The maximum Gasteiger partial charge on any atom is 0.305 e. The zero-order valence-corrected chi connectivity index (χ0v) is 59.0. The number of unbranched alkanes of at least 4 members (excludes halogenated alkanes) is 58. The minimum absolute atomic E-state index is 0.00373. The second-order valence-corrected chi connectivity index (χ2v) is 27.4. The Bertz CT molecular complexity index is 1410. The lowest BCUT2D eigenvalue weighted by Gasteiger charge is -2.22. The molecule has 1 amide bonds. The van der Waals surface area contributed by atoms with Gasteiger partial charge < -0.3 is 20.3 Å². The van der Waals surface area contributed by atoms with Crippen LogP contribution in [0.2, 0.25) is 0 Å². The first-order valence-corrected chi connectivity index (χ1v) is 39.7. The molecule has 0 aliphatic rings. The molecule has 0 bridgehead atoms. The molecule has 0 saturated heterocycles. The van der Waals surface area contributed by atoms with Crippen LogP contribution in [-0.2, 0) is 14.3 Å². The monoisotopic (exact) mass is 1220 g/mol. The van der Waals surface area contributed by atoms with Crippen LogP contribution in [0.4, 0.5) is 0 Å². The van der Waals surface area contributed by atoms with Gasteiger partial charge in [0.1, 0.15) is 0 Å². The van der Waals surface area contributed by atoms with E-state index < -0.39 is 12.1 Å². The van der Waals surface area contributed by atoms with Crippen molar-refractivity contribution in [3.8, 4) is 0 Å². The van der Waals surface area contributed by atoms with E-state index in [0.29, 0.717) is 25.9 Å². The quantitative estimate of drug-likeness (QED) is 0.0320. The van der Waals surface area contributed by atoms with Gasteiger partial charge in [0.05, 0.1) is 25.4 Å². The highest BCUT2D eigenvalue weighted by molar-refractivity contribution is 5.76. The average Bonchev–Trinajstić information content (AvgIpc) is 3.52. The summed E-state index contributed by atoms with van der Waals surface area (Å²) < 4.78 is 5.49. The molecule has 0 aliphatic heterocycles. The zero-order chi connectivity index (χ0) is 62.8. The normalized spacial score (nSPS) is 12.6. The number of allylic oxidation sites excluding steroid dienone is 6. The molecule has 0 aromatic rings. The highest BCUT2D eigenvalue weighted by Crippen LogP contribution is 2.20. The predicted octanol–water partition coefficient (Wildman–Crippen LogP) is 26.2. The molecule has 87 heavy (non-hydrogen) atoms. The van der Waals surface area contributed by atoms with E-state index in [1.807, 2.05) is 0 Å². The molecular weight excluding hydrogens is 1070 g/mol. The van der Waals surface area contributed by atoms with Gasteiger partial charge in [-0.1, -0.05) is 391 Å². The maximum absolute atomic E-state index is 12.6. The molecule has 0 radical (unpaired) electrons. The van der Waals surface area contributed by atoms with Gasteiger partial charge in [-0.25, -0.2) is 0 Å². The molecule has 514 valence electrons.